The van der Waals surface area contributed by atoms with E-state index in [1.54, 1.807) is 0 Å². The molecule has 0 aromatic carbocycles. The van der Waals surface area contributed by atoms with Crippen LogP contribution in [0.3, 0.4) is 0 Å². The zero-order valence-corrected chi connectivity index (χ0v) is 44.8. The molecule has 6 heteroatoms. The van der Waals surface area contributed by atoms with E-state index >= 15 is 0 Å². The standard InChI is InChI=1S/C63H104O6/c1-4-7-10-13-16-19-22-25-28-31-34-37-40-43-46-49-52-55-61(64)67-58-60(69-63(66)57-54-51-48-45-42-39-36-33-30-27-24-21-18-15-12-9-6-3)59-68-62(65)56-53-50-47-44-41-38-35-32-29-26-23-20-17-14-11-8-5-2/h7,10,16,18-19,21,25-30,34,36-37,39,43,46,60H,4-6,8-9,11-15,17,20,22-24,31-33,35,38,40-42,44-45,47-59H2,1-3H3/b10-7-,19-16-,21-18-,28-25-,29-26-,30-27-,37-34-,39-36-,46-43-/t60-/m0/s1. The van der Waals surface area contributed by atoms with E-state index in [1.165, 1.54) is 103 Å². The maximum Gasteiger partial charge on any atom is 0.306 e. The van der Waals surface area contributed by atoms with Crippen LogP contribution in [0, 0.1) is 0 Å². The summed E-state index contributed by atoms with van der Waals surface area (Å²) >= 11 is 0. The number of carbonyl (C=O) groups is 3. The van der Waals surface area contributed by atoms with E-state index in [-0.39, 0.29) is 44.0 Å². The third-order valence-electron chi connectivity index (χ3n) is 11.7. The van der Waals surface area contributed by atoms with E-state index in [2.05, 4.69) is 130 Å². The van der Waals surface area contributed by atoms with Crippen molar-refractivity contribution in [3.05, 3.63) is 109 Å². The van der Waals surface area contributed by atoms with Crippen molar-refractivity contribution in [2.24, 2.45) is 0 Å². The van der Waals surface area contributed by atoms with Gasteiger partial charge in [0.05, 0.1) is 0 Å². The van der Waals surface area contributed by atoms with Gasteiger partial charge >= 0.3 is 17.9 Å². The molecule has 0 N–H and O–H groups in total. The van der Waals surface area contributed by atoms with Gasteiger partial charge in [0, 0.05) is 19.3 Å². The highest BCUT2D eigenvalue weighted by molar-refractivity contribution is 5.71. The Kier molecular flexibility index (Phi) is 53.4. The summed E-state index contributed by atoms with van der Waals surface area (Å²) in [6, 6.07) is 0. The molecule has 0 saturated carbocycles. The van der Waals surface area contributed by atoms with Crippen LogP contribution in [-0.2, 0) is 28.6 Å². The Hall–Kier alpha value is -3.93. The molecule has 0 aliphatic rings. The molecular formula is C63H104O6. The minimum absolute atomic E-state index is 0.109. The van der Waals surface area contributed by atoms with Crippen LogP contribution >= 0.6 is 0 Å². The Morgan fingerprint density at radius 1 is 0.304 bits per heavy atom. The van der Waals surface area contributed by atoms with Crippen molar-refractivity contribution in [2.45, 2.75) is 258 Å². The van der Waals surface area contributed by atoms with Gasteiger partial charge in [-0.05, 0) is 122 Å². The van der Waals surface area contributed by atoms with Gasteiger partial charge in [-0.3, -0.25) is 14.4 Å². The van der Waals surface area contributed by atoms with E-state index in [9.17, 15) is 14.4 Å². The molecule has 0 aliphatic heterocycles. The Morgan fingerprint density at radius 2 is 0.580 bits per heavy atom. The van der Waals surface area contributed by atoms with E-state index in [4.69, 9.17) is 14.2 Å². The molecule has 0 aliphatic carbocycles. The van der Waals surface area contributed by atoms with Gasteiger partial charge in [-0.2, -0.15) is 0 Å². The summed E-state index contributed by atoms with van der Waals surface area (Å²) in [4.78, 5) is 38.1. The SMILES string of the molecule is CC/C=C\C/C=C\C/C=C\C/C=C\C/C=C\CCCC(=O)OC[C@@H](COC(=O)CCCCCCCCC/C=C\CCCCCCCC)OC(=O)CCCCCC/C=C\C/C=C\C/C=C\CCCCC. The van der Waals surface area contributed by atoms with Crippen LogP contribution in [0.4, 0.5) is 0 Å². The van der Waals surface area contributed by atoms with Crippen LogP contribution < -0.4 is 0 Å². The second kappa shape index (κ2) is 56.7. The molecule has 0 aromatic rings. The van der Waals surface area contributed by atoms with Gasteiger partial charge in [-0.1, -0.05) is 220 Å². The lowest BCUT2D eigenvalue weighted by atomic mass is 10.1. The first-order valence-corrected chi connectivity index (χ1v) is 28.4. The van der Waals surface area contributed by atoms with Crippen molar-refractivity contribution in [1.29, 1.82) is 0 Å². The van der Waals surface area contributed by atoms with Gasteiger partial charge < -0.3 is 14.2 Å². The predicted octanol–water partition coefficient (Wildman–Crippen LogP) is 19.1. The minimum Gasteiger partial charge on any atom is -0.462 e. The minimum atomic E-state index is -0.817. The molecular weight excluding hydrogens is 853 g/mol. The topological polar surface area (TPSA) is 78.9 Å². The van der Waals surface area contributed by atoms with Crippen LogP contribution in [0.2, 0.25) is 0 Å². The molecule has 0 amide bonds. The van der Waals surface area contributed by atoms with Crippen molar-refractivity contribution in [3.63, 3.8) is 0 Å². The normalized spacial score (nSPS) is 12.9. The Morgan fingerprint density at radius 3 is 0.986 bits per heavy atom. The average Bonchev–Trinajstić information content (AvgIpc) is 3.35. The van der Waals surface area contributed by atoms with E-state index in [0.717, 1.165) is 103 Å². The summed E-state index contributed by atoms with van der Waals surface area (Å²) in [5, 5.41) is 0. The van der Waals surface area contributed by atoms with Gasteiger partial charge in [-0.25, -0.2) is 0 Å². The summed E-state index contributed by atoms with van der Waals surface area (Å²) in [7, 11) is 0. The van der Waals surface area contributed by atoms with Crippen molar-refractivity contribution < 1.29 is 28.6 Å². The highest BCUT2D eigenvalue weighted by Gasteiger charge is 2.19. The molecule has 0 fully saturated rings. The summed E-state index contributed by atoms with van der Waals surface area (Å²) in [5.74, 6) is -0.996. The highest BCUT2D eigenvalue weighted by Crippen LogP contribution is 2.14. The van der Waals surface area contributed by atoms with Gasteiger partial charge in [0.15, 0.2) is 6.10 Å². The predicted molar refractivity (Wildman–Crippen MR) is 297 cm³/mol. The van der Waals surface area contributed by atoms with Gasteiger partial charge in [0.1, 0.15) is 13.2 Å². The second-order valence-corrected chi connectivity index (χ2v) is 18.5. The third-order valence-corrected chi connectivity index (χ3v) is 11.7. The number of esters is 3. The molecule has 0 rings (SSSR count). The first kappa shape index (κ1) is 65.1. The lowest BCUT2D eigenvalue weighted by molar-refractivity contribution is -0.167. The van der Waals surface area contributed by atoms with Crippen LogP contribution in [0.25, 0.3) is 0 Å². The van der Waals surface area contributed by atoms with E-state index < -0.39 is 6.10 Å². The molecule has 1 atom stereocenters. The molecule has 0 radical (unpaired) electrons. The molecule has 0 saturated heterocycles. The van der Waals surface area contributed by atoms with E-state index in [0.29, 0.717) is 12.8 Å². The van der Waals surface area contributed by atoms with Crippen LogP contribution in [0.15, 0.2) is 109 Å². The molecule has 0 heterocycles. The second-order valence-electron chi connectivity index (χ2n) is 18.5. The fourth-order valence-electron chi connectivity index (χ4n) is 7.48. The van der Waals surface area contributed by atoms with Crippen LogP contribution in [-0.4, -0.2) is 37.2 Å². The molecule has 0 unspecified atom stereocenters. The summed E-state index contributed by atoms with van der Waals surface area (Å²) < 4.78 is 16.8. The van der Waals surface area contributed by atoms with Gasteiger partial charge in [-0.15, -0.1) is 0 Å². The number of hydrogen-bond acceptors (Lipinski definition) is 6. The first-order chi connectivity index (χ1) is 34.0. The average molecular weight is 958 g/mol. The van der Waals surface area contributed by atoms with Crippen LogP contribution in [0.1, 0.15) is 252 Å². The fourth-order valence-corrected chi connectivity index (χ4v) is 7.48. The van der Waals surface area contributed by atoms with Crippen molar-refractivity contribution in [1.82, 2.24) is 0 Å². The molecule has 6 nitrogen and oxygen atoms in total. The lowest BCUT2D eigenvalue weighted by Crippen LogP contribution is -2.30. The zero-order valence-electron chi connectivity index (χ0n) is 44.8. The number of carbonyl (C=O) groups excluding carboxylic acids is 3. The number of unbranched alkanes of at least 4 members (excludes halogenated alkanes) is 21. The van der Waals surface area contributed by atoms with Crippen molar-refractivity contribution in [2.75, 3.05) is 13.2 Å². The summed E-state index contributed by atoms with van der Waals surface area (Å²) in [6.45, 7) is 6.42. The molecule has 392 valence electrons. The lowest BCUT2D eigenvalue weighted by Gasteiger charge is -2.18. The Labute approximate surface area is 425 Å². The fraction of sp³-hybridized carbons (Fsp3) is 0.667. The van der Waals surface area contributed by atoms with Gasteiger partial charge in [0.2, 0.25) is 0 Å². The number of allylic oxidation sites excluding steroid dienone is 18. The third kappa shape index (κ3) is 54.9. The maximum atomic E-state index is 12.8. The number of rotatable bonds is 50. The highest BCUT2D eigenvalue weighted by atomic mass is 16.6. The number of ether oxygens (including phenoxy) is 3. The maximum absolute atomic E-state index is 12.8. The van der Waals surface area contributed by atoms with Crippen LogP contribution in [0.5, 0.6) is 0 Å². The Bertz CT molecular complexity index is 1420. The van der Waals surface area contributed by atoms with E-state index in [1.807, 2.05) is 0 Å². The summed E-state index contributed by atoms with van der Waals surface area (Å²) in [6.07, 6.45) is 76.5. The monoisotopic (exact) mass is 957 g/mol. The molecule has 0 aromatic heterocycles. The molecule has 69 heavy (non-hydrogen) atoms. The molecule has 0 bridgehead atoms. The summed E-state index contributed by atoms with van der Waals surface area (Å²) in [5.41, 5.74) is 0. The number of hydrogen-bond donors (Lipinski definition) is 0. The zero-order chi connectivity index (χ0) is 50.0. The van der Waals surface area contributed by atoms with Gasteiger partial charge in [0.25, 0.3) is 0 Å². The molecule has 0 spiro atoms. The first-order valence-electron chi connectivity index (χ1n) is 28.4. The van der Waals surface area contributed by atoms with Crippen molar-refractivity contribution >= 4 is 17.9 Å². The Balaban J connectivity index is 4.53. The largest absolute Gasteiger partial charge is 0.462 e. The smallest absolute Gasteiger partial charge is 0.306 e. The van der Waals surface area contributed by atoms with Crippen molar-refractivity contribution in [3.8, 4) is 0 Å². The quantitative estimate of drug-likeness (QED) is 0.0262.